The number of carbonyl (C=O) groups is 3. The molecule has 0 aromatic carbocycles. The molecule has 0 unspecified atom stereocenters. The number of halogens is 3. The van der Waals surface area contributed by atoms with Crippen molar-refractivity contribution in [3.05, 3.63) is 18.0 Å². The molecule has 1 aliphatic heterocycles. The Bertz CT molecular complexity index is 1010. The zero-order valence-electron chi connectivity index (χ0n) is 24.3. The van der Waals surface area contributed by atoms with Crippen molar-refractivity contribution in [2.75, 3.05) is 20.5 Å². The van der Waals surface area contributed by atoms with Gasteiger partial charge in [0.15, 0.2) is 17.2 Å². The summed E-state index contributed by atoms with van der Waals surface area (Å²) in [7, 11) is 1.37. The van der Waals surface area contributed by atoms with Crippen LogP contribution < -0.4 is 14.8 Å². The first kappa shape index (κ1) is 34.1. The fourth-order valence-electron chi connectivity index (χ4n) is 4.62. The largest absolute Gasteiger partial charge is 0.493 e. The Morgan fingerprint density at radius 3 is 2.61 bits per heavy atom. The summed E-state index contributed by atoms with van der Waals surface area (Å²) in [5.41, 5.74) is -0.182. The van der Waals surface area contributed by atoms with Crippen molar-refractivity contribution in [2.45, 2.75) is 97.1 Å². The van der Waals surface area contributed by atoms with Crippen molar-refractivity contribution in [2.24, 2.45) is 11.8 Å². The van der Waals surface area contributed by atoms with Gasteiger partial charge in [-0.1, -0.05) is 26.7 Å². The van der Waals surface area contributed by atoms with Crippen LogP contribution in [0.15, 0.2) is 12.3 Å². The zero-order chi connectivity index (χ0) is 30.6. The number of aromatic nitrogens is 1. The minimum Gasteiger partial charge on any atom is -0.493 e. The summed E-state index contributed by atoms with van der Waals surface area (Å²) in [5.74, 6) is -1.54. The van der Waals surface area contributed by atoms with Crippen molar-refractivity contribution in [3.8, 4) is 11.5 Å². The monoisotopic (exact) mass is 590 g/mol. The van der Waals surface area contributed by atoms with Gasteiger partial charge in [-0.15, -0.1) is 0 Å². The lowest BCUT2D eigenvalue weighted by Gasteiger charge is -2.31. The summed E-state index contributed by atoms with van der Waals surface area (Å²) in [4.78, 5) is 41.6. The maximum absolute atomic E-state index is 13.2. The van der Waals surface area contributed by atoms with E-state index in [4.69, 9.17) is 23.7 Å². The van der Waals surface area contributed by atoms with Crippen molar-refractivity contribution < 1.29 is 51.2 Å². The van der Waals surface area contributed by atoms with Crippen molar-refractivity contribution in [1.29, 1.82) is 0 Å². The third-order valence-corrected chi connectivity index (χ3v) is 6.69. The number of methoxy groups -OCH3 is 1. The van der Waals surface area contributed by atoms with Crippen LogP contribution in [-0.2, 0) is 23.8 Å². The smallest absolute Gasteiger partial charge is 0.389 e. The minimum absolute atomic E-state index is 0.0399. The molecule has 1 fully saturated rings. The Balaban J connectivity index is 2.18. The molecule has 0 aliphatic carbocycles. The number of rotatable bonds is 13. The fraction of sp³-hybridized carbons (Fsp3) is 0.714. The molecule has 1 N–H and O–H groups in total. The van der Waals surface area contributed by atoms with Crippen molar-refractivity contribution in [1.82, 2.24) is 10.3 Å². The molecule has 0 bridgehead atoms. The molecule has 0 radical (unpaired) electrons. The van der Waals surface area contributed by atoms with Gasteiger partial charge in [-0.05, 0) is 44.4 Å². The van der Waals surface area contributed by atoms with Gasteiger partial charge in [-0.2, -0.15) is 13.2 Å². The lowest BCUT2D eigenvalue weighted by molar-refractivity contribution is -0.162. The van der Waals surface area contributed by atoms with Crippen LogP contribution in [0.25, 0.3) is 0 Å². The van der Waals surface area contributed by atoms with Crippen LogP contribution in [0.3, 0.4) is 0 Å². The third kappa shape index (κ3) is 11.7. The van der Waals surface area contributed by atoms with Crippen LogP contribution in [0.5, 0.6) is 11.5 Å². The molecule has 2 heterocycles. The van der Waals surface area contributed by atoms with Crippen molar-refractivity contribution >= 4 is 17.8 Å². The van der Waals surface area contributed by atoms with E-state index in [2.05, 4.69) is 24.1 Å². The molecule has 0 spiro atoms. The van der Waals surface area contributed by atoms with E-state index in [1.165, 1.54) is 26.3 Å². The number of ether oxygens (including phenoxy) is 5. The topological polar surface area (TPSA) is 122 Å². The molecule has 1 aromatic rings. The molecule has 41 heavy (non-hydrogen) atoms. The summed E-state index contributed by atoms with van der Waals surface area (Å²) < 4.78 is 65.0. The summed E-state index contributed by atoms with van der Waals surface area (Å²) in [5, 5.41) is 2.66. The Labute approximate surface area is 238 Å². The SMILES string of the molecule is COc1ccnc(C(=O)N[C@H]2CCC[C@H](CCC(C)C)[C@@H](OCCCC(F)(F)F)[C@H](C)OC2=O)c1OCOC(C)=O. The quantitative estimate of drug-likeness (QED) is 0.192. The van der Waals surface area contributed by atoms with E-state index in [1.54, 1.807) is 6.92 Å². The number of nitrogens with one attached hydrogen (secondary N) is 1. The first-order valence-electron chi connectivity index (χ1n) is 13.8. The average Bonchev–Trinajstić information content (AvgIpc) is 2.93. The molecular formula is C28H41F3N2O8. The summed E-state index contributed by atoms with van der Waals surface area (Å²) in [6.07, 6.45) is -2.33. The number of pyridine rings is 1. The van der Waals surface area contributed by atoms with Gasteiger partial charge in [0.05, 0.1) is 13.2 Å². The summed E-state index contributed by atoms with van der Waals surface area (Å²) in [6, 6.07) is 0.441. The van der Waals surface area contributed by atoms with Crippen LogP contribution in [0.2, 0.25) is 0 Å². The van der Waals surface area contributed by atoms with E-state index in [9.17, 15) is 27.6 Å². The van der Waals surface area contributed by atoms with E-state index in [0.29, 0.717) is 18.8 Å². The second kappa shape index (κ2) is 16.4. The summed E-state index contributed by atoms with van der Waals surface area (Å²) >= 11 is 0. The van der Waals surface area contributed by atoms with E-state index >= 15 is 0 Å². The number of amides is 1. The first-order chi connectivity index (χ1) is 19.3. The number of nitrogens with zero attached hydrogens (tertiary/aromatic N) is 1. The maximum Gasteiger partial charge on any atom is 0.389 e. The van der Waals surface area contributed by atoms with Crippen molar-refractivity contribution in [3.63, 3.8) is 0 Å². The number of cyclic esters (lactones) is 1. The normalized spacial score (nSPS) is 21.7. The molecule has 2 rings (SSSR count). The van der Waals surface area contributed by atoms with Gasteiger partial charge >= 0.3 is 18.1 Å². The van der Waals surface area contributed by atoms with Gasteiger partial charge < -0.3 is 29.0 Å². The molecule has 0 saturated carbocycles. The predicted molar refractivity (Wildman–Crippen MR) is 141 cm³/mol. The second-order valence-electron chi connectivity index (χ2n) is 10.5. The standard InChI is InChI=1S/C28H41F3N2O8/c1-17(2)10-11-20-8-6-9-21(27(36)41-18(3)24(20)38-15-7-13-28(29,30)31)33-26(35)23-25(40-16-39-19(4)34)22(37-5)12-14-32-23/h12,14,17-18,20-21,24H,6-11,13,15-16H2,1-5H3,(H,33,35)/t18-,20+,21-,24-/m0/s1. The van der Waals surface area contributed by atoms with E-state index in [1.807, 2.05) is 0 Å². The molecule has 1 aromatic heterocycles. The number of alkyl halides is 3. The van der Waals surface area contributed by atoms with E-state index in [0.717, 1.165) is 12.8 Å². The predicted octanol–water partition coefficient (Wildman–Crippen LogP) is 4.98. The molecular weight excluding hydrogens is 549 g/mol. The highest BCUT2D eigenvalue weighted by molar-refractivity contribution is 5.98. The highest BCUT2D eigenvalue weighted by Gasteiger charge is 2.36. The second-order valence-corrected chi connectivity index (χ2v) is 10.5. The number of hydrogen-bond donors (Lipinski definition) is 1. The maximum atomic E-state index is 13.2. The molecule has 1 amide bonds. The molecule has 1 aliphatic rings. The average molecular weight is 591 g/mol. The van der Waals surface area contributed by atoms with Gasteiger partial charge in [0.1, 0.15) is 12.1 Å². The third-order valence-electron chi connectivity index (χ3n) is 6.69. The Hall–Kier alpha value is -3.09. The van der Waals surface area contributed by atoms with E-state index in [-0.39, 0.29) is 42.6 Å². The first-order valence-corrected chi connectivity index (χ1v) is 13.8. The Morgan fingerprint density at radius 1 is 1.24 bits per heavy atom. The Morgan fingerprint density at radius 2 is 1.98 bits per heavy atom. The lowest BCUT2D eigenvalue weighted by atomic mass is 9.86. The molecule has 1 saturated heterocycles. The minimum atomic E-state index is -4.27. The van der Waals surface area contributed by atoms with Gasteiger partial charge in [0, 0.05) is 32.2 Å². The highest BCUT2D eigenvalue weighted by Crippen LogP contribution is 2.32. The molecule has 13 heteroatoms. The van der Waals surface area contributed by atoms with E-state index < -0.39 is 55.5 Å². The zero-order valence-corrected chi connectivity index (χ0v) is 24.3. The van der Waals surface area contributed by atoms with Crippen LogP contribution in [0, 0.1) is 11.8 Å². The Kier molecular flexibility index (Phi) is 13.6. The van der Waals surface area contributed by atoms with Gasteiger partial charge in [0.2, 0.25) is 6.79 Å². The van der Waals surface area contributed by atoms with Crippen LogP contribution in [-0.4, -0.2) is 67.8 Å². The van der Waals surface area contributed by atoms with Crippen LogP contribution in [0.4, 0.5) is 13.2 Å². The fourth-order valence-corrected chi connectivity index (χ4v) is 4.62. The number of esters is 2. The highest BCUT2D eigenvalue weighted by atomic mass is 19.4. The van der Waals surface area contributed by atoms with Gasteiger partial charge in [-0.25, -0.2) is 9.78 Å². The summed E-state index contributed by atoms with van der Waals surface area (Å²) in [6.45, 7) is 6.43. The lowest BCUT2D eigenvalue weighted by Crippen LogP contribution is -2.44. The number of hydrogen-bond acceptors (Lipinski definition) is 9. The molecule has 4 atom stereocenters. The number of carbonyl (C=O) groups excluding carboxylic acids is 3. The molecule has 10 nitrogen and oxygen atoms in total. The van der Waals surface area contributed by atoms with Gasteiger partial charge in [-0.3, -0.25) is 9.59 Å². The molecule has 232 valence electrons. The van der Waals surface area contributed by atoms with Gasteiger partial charge in [0.25, 0.3) is 5.91 Å². The van der Waals surface area contributed by atoms with Crippen LogP contribution >= 0.6 is 0 Å². The van der Waals surface area contributed by atoms with Crippen LogP contribution in [0.1, 0.15) is 83.1 Å².